The number of pyridine rings is 1. The van der Waals surface area contributed by atoms with Crippen molar-refractivity contribution >= 4 is 5.91 Å². The van der Waals surface area contributed by atoms with E-state index in [0.29, 0.717) is 18.8 Å². The minimum absolute atomic E-state index is 0.128. The first kappa shape index (κ1) is 10.0. The number of nitrogens with one attached hydrogen (secondary N) is 1. The third-order valence-corrected chi connectivity index (χ3v) is 2.35. The second-order valence-corrected chi connectivity index (χ2v) is 3.40. The Balaban J connectivity index is 2.09. The van der Waals surface area contributed by atoms with Crippen molar-refractivity contribution in [2.75, 3.05) is 26.2 Å². The lowest BCUT2D eigenvalue weighted by Gasteiger charge is -2.26. The summed E-state index contributed by atoms with van der Waals surface area (Å²) in [5, 5.41) is 3.16. The van der Waals surface area contributed by atoms with Crippen LogP contribution in [0.5, 0.6) is 0 Å². The third kappa shape index (κ3) is 2.30. The number of rotatable bonds is 1. The number of aromatic nitrogens is 1. The maximum Gasteiger partial charge on any atom is 0.272 e. The van der Waals surface area contributed by atoms with E-state index in [1.807, 2.05) is 0 Å². The molecule has 0 unspecified atom stereocenters. The first-order valence-electron chi connectivity index (χ1n) is 4.89. The van der Waals surface area contributed by atoms with E-state index < -0.39 is 5.82 Å². The highest BCUT2D eigenvalue weighted by atomic mass is 19.1. The Morgan fingerprint density at radius 2 is 2.13 bits per heavy atom. The van der Waals surface area contributed by atoms with E-state index in [-0.39, 0.29) is 5.91 Å². The average molecular weight is 209 g/mol. The first-order valence-corrected chi connectivity index (χ1v) is 4.89. The Bertz CT molecular complexity index is 346. The fraction of sp³-hybridized carbons (Fsp3) is 0.400. The van der Waals surface area contributed by atoms with Gasteiger partial charge in [-0.15, -0.1) is 0 Å². The van der Waals surface area contributed by atoms with Crippen molar-refractivity contribution in [2.24, 2.45) is 0 Å². The Kier molecular flexibility index (Phi) is 2.91. The molecule has 15 heavy (non-hydrogen) atoms. The number of hydrogen-bond acceptors (Lipinski definition) is 3. The van der Waals surface area contributed by atoms with Gasteiger partial charge in [-0.05, 0) is 12.1 Å². The molecule has 2 heterocycles. The summed E-state index contributed by atoms with van der Waals surface area (Å²) in [4.78, 5) is 17.3. The fourth-order valence-electron chi connectivity index (χ4n) is 1.53. The van der Waals surface area contributed by atoms with Gasteiger partial charge in [0.1, 0.15) is 11.5 Å². The molecule has 4 nitrogen and oxygen atoms in total. The zero-order valence-electron chi connectivity index (χ0n) is 8.24. The molecular weight excluding hydrogens is 197 g/mol. The predicted octanol–water partition coefficient (Wildman–Crippen LogP) is 0.266. The molecule has 0 saturated carbocycles. The van der Waals surface area contributed by atoms with Crippen LogP contribution in [-0.4, -0.2) is 42.0 Å². The lowest BCUT2D eigenvalue weighted by molar-refractivity contribution is 0.0730. The normalized spacial score (nSPS) is 16.5. The number of hydrogen-bond donors (Lipinski definition) is 1. The van der Waals surface area contributed by atoms with Crippen molar-refractivity contribution in [2.45, 2.75) is 0 Å². The third-order valence-electron chi connectivity index (χ3n) is 2.35. The molecular formula is C10H12FN3O. The van der Waals surface area contributed by atoms with Crippen LogP contribution in [0.4, 0.5) is 4.39 Å². The lowest BCUT2D eigenvalue weighted by atomic mass is 10.3. The number of halogens is 1. The average Bonchev–Trinajstić information content (AvgIpc) is 2.30. The second-order valence-electron chi connectivity index (χ2n) is 3.40. The summed E-state index contributed by atoms with van der Waals surface area (Å²) in [7, 11) is 0. The Hall–Kier alpha value is -1.49. The smallest absolute Gasteiger partial charge is 0.272 e. The lowest BCUT2D eigenvalue weighted by Crippen LogP contribution is -2.46. The number of carbonyl (C=O) groups excluding carboxylic acids is 1. The molecule has 0 aliphatic carbocycles. The molecule has 1 amide bonds. The number of nitrogens with zero attached hydrogens (tertiary/aromatic N) is 2. The summed E-state index contributed by atoms with van der Waals surface area (Å²) in [6, 6.07) is 2.67. The molecule has 0 spiro atoms. The van der Waals surface area contributed by atoms with Crippen LogP contribution in [0, 0.1) is 5.82 Å². The van der Waals surface area contributed by atoms with Crippen LogP contribution in [0.2, 0.25) is 0 Å². The quantitative estimate of drug-likeness (QED) is 0.722. The highest BCUT2D eigenvalue weighted by Crippen LogP contribution is 2.04. The minimum atomic E-state index is -0.424. The van der Waals surface area contributed by atoms with Gasteiger partial charge < -0.3 is 10.2 Å². The highest BCUT2D eigenvalue weighted by molar-refractivity contribution is 5.92. The van der Waals surface area contributed by atoms with Gasteiger partial charge in [0.25, 0.3) is 5.91 Å². The topological polar surface area (TPSA) is 45.2 Å². The van der Waals surface area contributed by atoms with Gasteiger partial charge in [0.05, 0.1) is 6.20 Å². The van der Waals surface area contributed by atoms with Crippen LogP contribution < -0.4 is 5.32 Å². The Labute approximate surface area is 87.1 Å². The van der Waals surface area contributed by atoms with Crippen LogP contribution in [0.1, 0.15) is 10.5 Å². The van der Waals surface area contributed by atoms with E-state index in [2.05, 4.69) is 10.3 Å². The minimum Gasteiger partial charge on any atom is -0.335 e. The zero-order chi connectivity index (χ0) is 10.7. The van der Waals surface area contributed by atoms with Gasteiger partial charge in [-0.2, -0.15) is 0 Å². The summed E-state index contributed by atoms with van der Waals surface area (Å²) in [5.74, 6) is -0.552. The first-order chi connectivity index (χ1) is 7.27. The molecule has 2 rings (SSSR count). The van der Waals surface area contributed by atoms with Gasteiger partial charge in [0, 0.05) is 26.2 Å². The summed E-state index contributed by atoms with van der Waals surface area (Å²) in [6.07, 6.45) is 1.06. The van der Waals surface area contributed by atoms with Crippen molar-refractivity contribution in [3.63, 3.8) is 0 Å². The fourth-order valence-corrected chi connectivity index (χ4v) is 1.53. The van der Waals surface area contributed by atoms with Crippen LogP contribution >= 0.6 is 0 Å². The summed E-state index contributed by atoms with van der Waals surface area (Å²) in [6.45, 7) is 2.95. The Morgan fingerprint density at radius 1 is 1.40 bits per heavy atom. The van der Waals surface area contributed by atoms with Gasteiger partial charge in [-0.25, -0.2) is 9.37 Å². The maximum absolute atomic E-state index is 12.6. The van der Waals surface area contributed by atoms with E-state index in [1.165, 1.54) is 12.1 Å². The monoisotopic (exact) mass is 209 g/mol. The van der Waals surface area contributed by atoms with Gasteiger partial charge in [0.2, 0.25) is 0 Å². The van der Waals surface area contributed by atoms with E-state index in [1.54, 1.807) is 4.90 Å². The number of piperazine rings is 1. The summed E-state index contributed by atoms with van der Waals surface area (Å²) in [5.41, 5.74) is 0.304. The van der Waals surface area contributed by atoms with Gasteiger partial charge in [-0.3, -0.25) is 4.79 Å². The van der Waals surface area contributed by atoms with Crippen molar-refractivity contribution in [3.05, 3.63) is 29.8 Å². The van der Waals surface area contributed by atoms with Crippen LogP contribution in [0.15, 0.2) is 18.3 Å². The molecule has 1 saturated heterocycles. The largest absolute Gasteiger partial charge is 0.335 e. The van der Waals surface area contributed by atoms with Crippen molar-refractivity contribution in [3.8, 4) is 0 Å². The van der Waals surface area contributed by atoms with Crippen LogP contribution in [0.25, 0.3) is 0 Å². The predicted molar refractivity (Wildman–Crippen MR) is 53.0 cm³/mol. The maximum atomic E-state index is 12.6. The summed E-state index contributed by atoms with van der Waals surface area (Å²) >= 11 is 0. The molecule has 1 aromatic heterocycles. The Morgan fingerprint density at radius 3 is 2.73 bits per heavy atom. The van der Waals surface area contributed by atoms with E-state index >= 15 is 0 Å². The van der Waals surface area contributed by atoms with Crippen LogP contribution in [0.3, 0.4) is 0 Å². The number of amides is 1. The highest BCUT2D eigenvalue weighted by Gasteiger charge is 2.18. The molecule has 0 radical (unpaired) electrons. The van der Waals surface area contributed by atoms with Gasteiger partial charge in [0.15, 0.2) is 0 Å². The van der Waals surface area contributed by atoms with Gasteiger partial charge >= 0.3 is 0 Å². The second kappa shape index (κ2) is 4.35. The SMILES string of the molecule is O=C(c1ccc(F)cn1)N1CCNCC1. The zero-order valence-corrected chi connectivity index (χ0v) is 8.24. The molecule has 0 bridgehead atoms. The molecule has 1 aliphatic rings. The molecule has 1 N–H and O–H groups in total. The standard InChI is InChI=1S/C10H12FN3O/c11-8-1-2-9(13-7-8)10(15)14-5-3-12-4-6-14/h1-2,7,12H,3-6H2. The molecule has 5 heteroatoms. The molecule has 1 fully saturated rings. The molecule has 1 aromatic rings. The molecule has 80 valence electrons. The molecule has 1 aliphatic heterocycles. The van der Waals surface area contributed by atoms with E-state index in [4.69, 9.17) is 0 Å². The number of carbonyl (C=O) groups is 1. The van der Waals surface area contributed by atoms with Crippen LogP contribution in [-0.2, 0) is 0 Å². The van der Waals surface area contributed by atoms with Crippen molar-refractivity contribution in [1.29, 1.82) is 0 Å². The van der Waals surface area contributed by atoms with Gasteiger partial charge in [-0.1, -0.05) is 0 Å². The van der Waals surface area contributed by atoms with Crippen molar-refractivity contribution < 1.29 is 9.18 Å². The molecule has 0 aromatic carbocycles. The summed E-state index contributed by atoms with van der Waals surface area (Å²) < 4.78 is 12.6. The van der Waals surface area contributed by atoms with E-state index in [0.717, 1.165) is 19.3 Å². The van der Waals surface area contributed by atoms with E-state index in [9.17, 15) is 9.18 Å². The van der Waals surface area contributed by atoms with Crippen molar-refractivity contribution in [1.82, 2.24) is 15.2 Å². The molecule has 0 atom stereocenters.